The fraction of sp³-hybridized carbons (Fsp3) is 0.500. The first kappa shape index (κ1) is 12.3. The van der Waals surface area contributed by atoms with Gasteiger partial charge in [0.1, 0.15) is 0 Å². The number of hydrogen-bond acceptors (Lipinski definition) is 4. The molecule has 1 rings (SSSR count). The van der Waals surface area contributed by atoms with Crippen LogP contribution in [-0.2, 0) is 0 Å². The molecule has 1 aromatic heterocycles. The van der Waals surface area contributed by atoms with Crippen LogP contribution in [0.1, 0.15) is 13.8 Å². The highest BCUT2D eigenvalue weighted by atomic mass is 15.1. The Bertz CT molecular complexity index is 370. The van der Waals surface area contributed by atoms with Crippen molar-refractivity contribution in [1.82, 2.24) is 4.98 Å². The minimum atomic E-state index is 0.0211. The number of pyridine rings is 1. The molecule has 0 radical (unpaired) electrons. The molecule has 0 aliphatic heterocycles. The summed E-state index contributed by atoms with van der Waals surface area (Å²) in [6.07, 6.45) is 3.61. The Morgan fingerprint density at radius 2 is 2.31 bits per heavy atom. The number of anilines is 2. The van der Waals surface area contributed by atoms with Crippen molar-refractivity contribution >= 4 is 11.4 Å². The van der Waals surface area contributed by atoms with Gasteiger partial charge < -0.3 is 10.2 Å². The molecule has 0 aliphatic rings. The van der Waals surface area contributed by atoms with Gasteiger partial charge in [-0.15, -0.1) is 0 Å². The van der Waals surface area contributed by atoms with Crippen LogP contribution in [0.2, 0.25) is 0 Å². The molecule has 0 amide bonds. The number of nitrogens with zero attached hydrogens (tertiary/aromatic N) is 3. The fourth-order valence-corrected chi connectivity index (χ4v) is 1.49. The fourth-order valence-electron chi connectivity index (χ4n) is 1.49. The summed E-state index contributed by atoms with van der Waals surface area (Å²) in [5.74, 6) is 0.0211. The van der Waals surface area contributed by atoms with E-state index in [0.29, 0.717) is 6.54 Å². The number of rotatable bonds is 5. The van der Waals surface area contributed by atoms with E-state index in [1.54, 1.807) is 6.20 Å². The number of nitrogens with one attached hydrogen (secondary N) is 1. The molecule has 0 bridgehead atoms. The van der Waals surface area contributed by atoms with Crippen LogP contribution in [0.4, 0.5) is 11.4 Å². The van der Waals surface area contributed by atoms with Crippen molar-refractivity contribution in [1.29, 1.82) is 5.26 Å². The summed E-state index contributed by atoms with van der Waals surface area (Å²) < 4.78 is 0. The van der Waals surface area contributed by atoms with Gasteiger partial charge in [0.2, 0.25) is 0 Å². The summed E-state index contributed by atoms with van der Waals surface area (Å²) in [5.41, 5.74) is 2.04. The van der Waals surface area contributed by atoms with E-state index in [1.807, 2.05) is 38.1 Å². The molecule has 0 fully saturated rings. The summed E-state index contributed by atoms with van der Waals surface area (Å²) in [4.78, 5) is 6.21. The summed E-state index contributed by atoms with van der Waals surface area (Å²) in [7, 11) is 1.97. The predicted octanol–water partition coefficient (Wildman–Crippen LogP) is 2.11. The number of hydrogen-bond donors (Lipinski definition) is 1. The Morgan fingerprint density at radius 1 is 1.56 bits per heavy atom. The van der Waals surface area contributed by atoms with Gasteiger partial charge in [0.25, 0.3) is 0 Å². The lowest BCUT2D eigenvalue weighted by Gasteiger charge is -2.20. The summed E-state index contributed by atoms with van der Waals surface area (Å²) in [6, 6.07) is 4.27. The van der Waals surface area contributed by atoms with Crippen molar-refractivity contribution < 1.29 is 0 Å². The highest BCUT2D eigenvalue weighted by Crippen LogP contribution is 2.17. The summed E-state index contributed by atoms with van der Waals surface area (Å²) in [5, 5.41) is 12.0. The zero-order valence-corrected chi connectivity index (χ0v) is 10.1. The van der Waals surface area contributed by atoms with Gasteiger partial charge in [-0.1, -0.05) is 0 Å². The van der Waals surface area contributed by atoms with Gasteiger partial charge in [0.15, 0.2) is 0 Å². The third kappa shape index (κ3) is 3.43. The van der Waals surface area contributed by atoms with Crippen LogP contribution in [0.25, 0.3) is 0 Å². The van der Waals surface area contributed by atoms with E-state index in [0.717, 1.165) is 17.9 Å². The lowest BCUT2D eigenvalue weighted by molar-refractivity contribution is 0.715. The van der Waals surface area contributed by atoms with Crippen LogP contribution >= 0.6 is 0 Å². The second kappa shape index (κ2) is 5.96. The van der Waals surface area contributed by atoms with Gasteiger partial charge in [-0.25, -0.2) is 0 Å². The Kier molecular flexibility index (Phi) is 4.59. The van der Waals surface area contributed by atoms with E-state index in [4.69, 9.17) is 5.26 Å². The van der Waals surface area contributed by atoms with Crippen molar-refractivity contribution in [2.75, 3.05) is 30.4 Å². The quantitative estimate of drug-likeness (QED) is 0.822. The Morgan fingerprint density at radius 3 is 2.94 bits per heavy atom. The van der Waals surface area contributed by atoms with Gasteiger partial charge in [-0.2, -0.15) is 5.26 Å². The van der Waals surface area contributed by atoms with E-state index in [2.05, 4.69) is 16.4 Å². The molecule has 86 valence electrons. The zero-order chi connectivity index (χ0) is 12.0. The molecular formula is C12H18N4. The van der Waals surface area contributed by atoms with Crippen molar-refractivity contribution in [2.45, 2.75) is 13.8 Å². The van der Waals surface area contributed by atoms with Crippen LogP contribution in [0.15, 0.2) is 18.5 Å². The summed E-state index contributed by atoms with van der Waals surface area (Å²) in [6.45, 7) is 5.56. The van der Waals surface area contributed by atoms with Crippen LogP contribution in [0, 0.1) is 17.2 Å². The van der Waals surface area contributed by atoms with Crippen molar-refractivity contribution in [3.8, 4) is 6.07 Å². The topological polar surface area (TPSA) is 52.0 Å². The number of aromatic nitrogens is 1. The van der Waals surface area contributed by atoms with E-state index >= 15 is 0 Å². The van der Waals surface area contributed by atoms with E-state index in [-0.39, 0.29) is 5.92 Å². The zero-order valence-electron chi connectivity index (χ0n) is 10.1. The molecule has 16 heavy (non-hydrogen) atoms. The van der Waals surface area contributed by atoms with E-state index < -0.39 is 0 Å². The molecule has 1 N–H and O–H groups in total. The van der Waals surface area contributed by atoms with Crippen LogP contribution < -0.4 is 10.2 Å². The molecule has 1 atom stereocenters. The largest absolute Gasteiger partial charge is 0.384 e. The van der Waals surface area contributed by atoms with Crippen LogP contribution in [0.3, 0.4) is 0 Å². The maximum atomic E-state index is 8.76. The minimum Gasteiger partial charge on any atom is -0.384 e. The van der Waals surface area contributed by atoms with Gasteiger partial charge in [0, 0.05) is 20.1 Å². The second-order valence-electron chi connectivity index (χ2n) is 3.87. The van der Waals surface area contributed by atoms with Gasteiger partial charge in [-0.05, 0) is 19.9 Å². The first-order valence-corrected chi connectivity index (χ1v) is 5.47. The monoisotopic (exact) mass is 218 g/mol. The second-order valence-corrected chi connectivity index (χ2v) is 3.87. The average molecular weight is 218 g/mol. The van der Waals surface area contributed by atoms with Crippen LogP contribution in [-0.4, -0.2) is 25.1 Å². The van der Waals surface area contributed by atoms with Gasteiger partial charge >= 0.3 is 0 Å². The molecule has 1 aromatic rings. The minimum absolute atomic E-state index is 0.0211. The molecule has 4 nitrogen and oxygen atoms in total. The highest BCUT2D eigenvalue weighted by molar-refractivity contribution is 5.55. The Hall–Kier alpha value is -1.76. The molecule has 0 aliphatic carbocycles. The predicted molar refractivity (Wildman–Crippen MR) is 66.4 cm³/mol. The Balaban J connectivity index is 2.71. The van der Waals surface area contributed by atoms with Crippen LogP contribution in [0.5, 0.6) is 0 Å². The maximum Gasteiger partial charge on any atom is 0.0671 e. The standard InChI is InChI=1S/C12H18N4/c1-4-15-11-5-12(8-14-7-11)16(3)9-10(2)6-13/h5,7-8,10,15H,4,9H2,1-3H3. The lowest BCUT2D eigenvalue weighted by atomic mass is 10.2. The highest BCUT2D eigenvalue weighted by Gasteiger charge is 2.06. The van der Waals surface area contributed by atoms with Crippen molar-refractivity contribution in [3.05, 3.63) is 18.5 Å². The summed E-state index contributed by atoms with van der Waals surface area (Å²) >= 11 is 0. The molecular weight excluding hydrogens is 200 g/mol. The number of nitriles is 1. The molecule has 0 aromatic carbocycles. The SMILES string of the molecule is CCNc1cncc(N(C)CC(C)C#N)c1. The van der Waals surface area contributed by atoms with E-state index in [1.165, 1.54) is 0 Å². The third-order valence-electron chi connectivity index (χ3n) is 2.31. The molecule has 4 heteroatoms. The molecule has 0 spiro atoms. The van der Waals surface area contributed by atoms with Crippen molar-refractivity contribution in [3.63, 3.8) is 0 Å². The molecule has 0 saturated carbocycles. The first-order valence-electron chi connectivity index (χ1n) is 5.47. The molecule has 1 heterocycles. The third-order valence-corrected chi connectivity index (χ3v) is 2.31. The average Bonchev–Trinajstić information content (AvgIpc) is 2.29. The normalized spacial score (nSPS) is 11.6. The smallest absolute Gasteiger partial charge is 0.0671 e. The molecule has 0 saturated heterocycles. The first-order chi connectivity index (χ1) is 7.67. The van der Waals surface area contributed by atoms with Gasteiger partial charge in [-0.3, -0.25) is 4.98 Å². The molecule has 1 unspecified atom stereocenters. The van der Waals surface area contributed by atoms with Crippen molar-refractivity contribution in [2.24, 2.45) is 5.92 Å². The Labute approximate surface area is 96.9 Å². The maximum absolute atomic E-state index is 8.76. The lowest BCUT2D eigenvalue weighted by Crippen LogP contribution is -2.23. The van der Waals surface area contributed by atoms with E-state index in [9.17, 15) is 0 Å². The van der Waals surface area contributed by atoms with Gasteiger partial charge in [0.05, 0.1) is 35.8 Å².